The van der Waals surface area contributed by atoms with Crippen molar-refractivity contribution in [2.75, 3.05) is 18.0 Å². The second-order valence-electron chi connectivity index (χ2n) is 7.44. The Hall–Kier alpha value is -3.08. The van der Waals surface area contributed by atoms with Crippen molar-refractivity contribution in [3.05, 3.63) is 71.8 Å². The third-order valence-electron chi connectivity index (χ3n) is 5.45. The molecule has 0 bridgehead atoms. The van der Waals surface area contributed by atoms with Crippen molar-refractivity contribution >= 4 is 11.7 Å². The number of aromatic amines is 1. The zero-order valence-electron chi connectivity index (χ0n) is 16.2. The number of carbonyl (C=O) groups is 1. The molecule has 0 unspecified atom stereocenters. The topological polar surface area (TPSA) is 61.0 Å². The molecule has 4 rings (SSSR count). The Morgan fingerprint density at radius 3 is 2.57 bits per heavy atom. The lowest BCUT2D eigenvalue weighted by Gasteiger charge is -2.32. The van der Waals surface area contributed by atoms with Gasteiger partial charge in [-0.05, 0) is 36.5 Å². The lowest BCUT2D eigenvalue weighted by Crippen LogP contribution is -2.45. The van der Waals surface area contributed by atoms with Gasteiger partial charge >= 0.3 is 0 Å². The fourth-order valence-electron chi connectivity index (χ4n) is 3.75. The maximum atomic E-state index is 12.4. The van der Waals surface area contributed by atoms with Gasteiger partial charge in [-0.3, -0.25) is 9.89 Å². The molecule has 144 valence electrons. The highest BCUT2D eigenvalue weighted by Gasteiger charge is 2.22. The minimum absolute atomic E-state index is 0.110. The Morgan fingerprint density at radius 1 is 1.11 bits per heavy atom. The van der Waals surface area contributed by atoms with Crippen LogP contribution in [0.25, 0.3) is 11.3 Å². The van der Waals surface area contributed by atoms with Crippen LogP contribution < -0.4 is 10.2 Å². The molecule has 2 N–H and O–H groups in total. The number of aryl methyl sites for hydroxylation is 1. The normalized spacial score (nSPS) is 14.8. The van der Waals surface area contributed by atoms with Gasteiger partial charge in [0.25, 0.3) is 0 Å². The molecule has 0 radical (unpaired) electrons. The second-order valence-corrected chi connectivity index (χ2v) is 7.44. The molecule has 28 heavy (non-hydrogen) atoms. The summed E-state index contributed by atoms with van der Waals surface area (Å²) in [5, 5.41) is 10.8. The number of hydrogen-bond donors (Lipinski definition) is 2. The van der Waals surface area contributed by atoms with E-state index in [1.165, 1.54) is 5.56 Å². The average Bonchev–Trinajstić information content (AvgIpc) is 3.21. The predicted molar refractivity (Wildman–Crippen MR) is 112 cm³/mol. The van der Waals surface area contributed by atoms with Crippen LogP contribution in [0.1, 0.15) is 24.0 Å². The zero-order chi connectivity index (χ0) is 19.3. The first-order valence-corrected chi connectivity index (χ1v) is 9.89. The highest BCUT2D eigenvalue weighted by molar-refractivity contribution is 5.79. The van der Waals surface area contributed by atoms with Gasteiger partial charge < -0.3 is 10.2 Å². The first kappa shape index (κ1) is 18.3. The van der Waals surface area contributed by atoms with E-state index in [4.69, 9.17) is 0 Å². The van der Waals surface area contributed by atoms with Gasteiger partial charge in [0.2, 0.25) is 5.91 Å². The van der Waals surface area contributed by atoms with E-state index >= 15 is 0 Å². The zero-order valence-corrected chi connectivity index (χ0v) is 16.2. The summed E-state index contributed by atoms with van der Waals surface area (Å²) < 4.78 is 0. The lowest BCUT2D eigenvalue weighted by atomic mass is 10.0. The van der Waals surface area contributed by atoms with Crippen LogP contribution in [0.5, 0.6) is 0 Å². The molecule has 1 amide bonds. The fourth-order valence-corrected chi connectivity index (χ4v) is 3.75. The minimum atomic E-state index is 0.110. The maximum Gasteiger partial charge on any atom is 0.224 e. The summed E-state index contributed by atoms with van der Waals surface area (Å²) in [4.78, 5) is 14.7. The van der Waals surface area contributed by atoms with Gasteiger partial charge in [0.15, 0.2) is 5.82 Å². The predicted octanol–water partition coefficient (Wildman–Crippen LogP) is 3.71. The number of rotatable bonds is 5. The van der Waals surface area contributed by atoms with Crippen molar-refractivity contribution < 1.29 is 4.79 Å². The Morgan fingerprint density at radius 2 is 1.82 bits per heavy atom. The number of amides is 1. The number of hydrogen-bond acceptors (Lipinski definition) is 3. The number of H-pyrrole nitrogens is 1. The Labute approximate surface area is 165 Å². The number of nitrogens with one attached hydrogen (secondary N) is 2. The molecule has 2 heterocycles. The van der Waals surface area contributed by atoms with Crippen LogP contribution in [0.2, 0.25) is 0 Å². The Bertz CT molecular complexity index is 927. The lowest BCUT2D eigenvalue weighted by molar-refractivity contribution is -0.121. The van der Waals surface area contributed by atoms with Crippen LogP contribution in [0.4, 0.5) is 5.82 Å². The van der Waals surface area contributed by atoms with Crippen molar-refractivity contribution in [2.45, 2.75) is 32.2 Å². The summed E-state index contributed by atoms with van der Waals surface area (Å²) >= 11 is 0. The van der Waals surface area contributed by atoms with E-state index in [0.717, 1.165) is 48.6 Å². The van der Waals surface area contributed by atoms with E-state index in [1.807, 2.05) is 36.4 Å². The molecule has 5 heteroatoms. The molecule has 0 aliphatic carbocycles. The highest BCUT2D eigenvalue weighted by atomic mass is 16.1. The van der Waals surface area contributed by atoms with Crippen molar-refractivity contribution in [2.24, 2.45) is 0 Å². The van der Waals surface area contributed by atoms with Crippen molar-refractivity contribution in [1.82, 2.24) is 15.5 Å². The molecule has 1 aliphatic rings. The van der Waals surface area contributed by atoms with Gasteiger partial charge in [-0.15, -0.1) is 0 Å². The van der Waals surface area contributed by atoms with E-state index in [0.29, 0.717) is 6.42 Å². The summed E-state index contributed by atoms with van der Waals surface area (Å²) in [5.41, 5.74) is 4.44. The average molecular weight is 374 g/mol. The standard InChI is InChI=1S/C23H26N4O/c1-17-7-5-6-10-19(17)15-23(28)24-20-11-13-27(14-12-20)22-16-21(25-26-22)18-8-3-2-4-9-18/h2-10,16,20H,11-15H2,1H3,(H,24,28)(H,25,26). The Kier molecular flexibility index (Phi) is 5.42. The SMILES string of the molecule is Cc1ccccc1CC(=O)NC1CCN(c2cc(-c3ccccc3)[nH]n2)CC1. The first-order chi connectivity index (χ1) is 13.7. The van der Waals surface area contributed by atoms with Gasteiger partial charge in [-0.2, -0.15) is 5.10 Å². The molecule has 1 saturated heterocycles. The fraction of sp³-hybridized carbons (Fsp3) is 0.304. The molecule has 5 nitrogen and oxygen atoms in total. The summed E-state index contributed by atoms with van der Waals surface area (Å²) in [6, 6.07) is 20.6. The number of nitrogens with zero attached hydrogens (tertiary/aromatic N) is 2. The van der Waals surface area contributed by atoms with E-state index in [1.54, 1.807) is 0 Å². The monoisotopic (exact) mass is 374 g/mol. The molecule has 1 aliphatic heterocycles. The van der Waals surface area contributed by atoms with Gasteiger partial charge in [-0.25, -0.2) is 0 Å². The Balaban J connectivity index is 1.30. The van der Waals surface area contributed by atoms with Crippen molar-refractivity contribution in [3.8, 4) is 11.3 Å². The molecule has 0 saturated carbocycles. The third kappa shape index (κ3) is 4.25. The molecule has 0 atom stereocenters. The second kappa shape index (κ2) is 8.30. The van der Waals surface area contributed by atoms with Gasteiger partial charge in [0.05, 0.1) is 12.1 Å². The molecule has 1 aromatic heterocycles. The molecule has 2 aromatic carbocycles. The smallest absolute Gasteiger partial charge is 0.224 e. The number of carbonyl (C=O) groups excluding carboxylic acids is 1. The summed E-state index contributed by atoms with van der Waals surface area (Å²) in [7, 11) is 0. The number of aromatic nitrogens is 2. The maximum absolute atomic E-state index is 12.4. The largest absolute Gasteiger partial charge is 0.355 e. The molecule has 0 spiro atoms. The van der Waals surface area contributed by atoms with E-state index in [9.17, 15) is 4.79 Å². The highest BCUT2D eigenvalue weighted by Crippen LogP contribution is 2.24. The number of anilines is 1. The molecule has 1 fully saturated rings. The van der Waals surface area contributed by atoms with Crippen LogP contribution in [0, 0.1) is 6.92 Å². The summed E-state index contributed by atoms with van der Waals surface area (Å²) in [6.45, 7) is 3.84. The quantitative estimate of drug-likeness (QED) is 0.716. The number of benzene rings is 2. The molecular formula is C23H26N4O. The summed E-state index contributed by atoms with van der Waals surface area (Å²) in [6.07, 6.45) is 2.33. The van der Waals surface area contributed by atoms with Gasteiger partial charge in [0, 0.05) is 25.2 Å². The first-order valence-electron chi connectivity index (χ1n) is 9.89. The van der Waals surface area contributed by atoms with Crippen LogP contribution in [0.3, 0.4) is 0 Å². The van der Waals surface area contributed by atoms with E-state index in [2.05, 4.69) is 51.6 Å². The van der Waals surface area contributed by atoms with Gasteiger partial charge in [0.1, 0.15) is 0 Å². The molecule has 3 aromatic rings. The van der Waals surface area contributed by atoms with Crippen molar-refractivity contribution in [3.63, 3.8) is 0 Å². The van der Waals surface area contributed by atoms with E-state index in [-0.39, 0.29) is 11.9 Å². The van der Waals surface area contributed by atoms with Crippen LogP contribution in [-0.4, -0.2) is 35.2 Å². The number of piperidine rings is 1. The van der Waals surface area contributed by atoms with Crippen LogP contribution >= 0.6 is 0 Å². The van der Waals surface area contributed by atoms with E-state index < -0.39 is 0 Å². The van der Waals surface area contributed by atoms with Crippen LogP contribution in [-0.2, 0) is 11.2 Å². The minimum Gasteiger partial charge on any atom is -0.355 e. The summed E-state index contributed by atoms with van der Waals surface area (Å²) in [5.74, 6) is 1.09. The van der Waals surface area contributed by atoms with Gasteiger partial charge in [-0.1, -0.05) is 54.6 Å². The van der Waals surface area contributed by atoms with Crippen LogP contribution in [0.15, 0.2) is 60.7 Å². The third-order valence-corrected chi connectivity index (χ3v) is 5.45. The van der Waals surface area contributed by atoms with Crippen molar-refractivity contribution in [1.29, 1.82) is 0 Å². The molecular weight excluding hydrogens is 348 g/mol.